The molecule has 0 unspecified atom stereocenters. The first kappa shape index (κ1) is 12.2. The van der Waals surface area contributed by atoms with Crippen LogP contribution < -0.4 is 5.32 Å². The molecule has 0 saturated carbocycles. The van der Waals surface area contributed by atoms with Crippen molar-refractivity contribution >= 4 is 12.4 Å². The van der Waals surface area contributed by atoms with Gasteiger partial charge in [0.2, 0.25) is 0 Å². The first-order valence-corrected chi connectivity index (χ1v) is 4.63. The highest BCUT2D eigenvalue weighted by atomic mass is 35.5. The summed E-state index contributed by atoms with van der Waals surface area (Å²) in [6.45, 7) is 3.37. The molecular weight excluding hydrogens is 174 g/mol. The molecule has 0 atom stereocenters. The zero-order chi connectivity index (χ0) is 7.94. The van der Waals surface area contributed by atoms with Gasteiger partial charge in [-0.05, 0) is 44.7 Å². The van der Waals surface area contributed by atoms with Crippen LogP contribution in [0.3, 0.4) is 0 Å². The van der Waals surface area contributed by atoms with Gasteiger partial charge < -0.3 is 10.1 Å². The minimum atomic E-state index is 0. The summed E-state index contributed by atoms with van der Waals surface area (Å²) in [5, 5.41) is 3.37. The molecule has 0 aliphatic carbocycles. The van der Waals surface area contributed by atoms with E-state index in [1.54, 1.807) is 7.11 Å². The molecule has 1 fully saturated rings. The number of halogens is 1. The Balaban J connectivity index is 0.00000121. The van der Waals surface area contributed by atoms with E-state index in [0.29, 0.717) is 0 Å². The molecule has 0 bridgehead atoms. The molecule has 0 amide bonds. The van der Waals surface area contributed by atoms with Crippen LogP contribution in [0.2, 0.25) is 0 Å². The minimum Gasteiger partial charge on any atom is -0.385 e. The standard InChI is InChI=1S/C9H19NO.ClH/c1-11-8-2-3-9-4-6-10-7-5-9;/h9-10H,2-8H2,1H3;1H. The molecule has 12 heavy (non-hydrogen) atoms. The molecule has 0 aromatic rings. The van der Waals surface area contributed by atoms with Gasteiger partial charge in [-0.3, -0.25) is 0 Å². The van der Waals surface area contributed by atoms with Crippen LogP contribution in [0.15, 0.2) is 0 Å². The summed E-state index contributed by atoms with van der Waals surface area (Å²) >= 11 is 0. The largest absolute Gasteiger partial charge is 0.385 e. The van der Waals surface area contributed by atoms with Crippen LogP contribution in [-0.2, 0) is 4.74 Å². The average Bonchev–Trinajstić information content (AvgIpc) is 2.07. The Morgan fingerprint density at radius 3 is 2.58 bits per heavy atom. The van der Waals surface area contributed by atoms with Crippen LogP contribution in [-0.4, -0.2) is 26.8 Å². The number of rotatable bonds is 4. The molecule has 2 nitrogen and oxygen atoms in total. The Bertz CT molecular complexity index is 94.5. The predicted octanol–water partition coefficient (Wildman–Crippen LogP) is 1.83. The van der Waals surface area contributed by atoms with Crippen molar-refractivity contribution in [1.82, 2.24) is 5.32 Å². The number of methoxy groups -OCH3 is 1. The Morgan fingerprint density at radius 1 is 1.33 bits per heavy atom. The molecule has 74 valence electrons. The first-order chi connectivity index (χ1) is 5.43. The molecule has 1 rings (SSSR count). The van der Waals surface area contributed by atoms with Crippen LogP contribution >= 0.6 is 12.4 Å². The third-order valence-electron chi connectivity index (χ3n) is 2.42. The number of ether oxygens (including phenoxy) is 1. The molecule has 0 aromatic heterocycles. The number of hydrogen-bond donors (Lipinski definition) is 1. The second-order valence-corrected chi connectivity index (χ2v) is 3.33. The lowest BCUT2D eigenvalue weighted by Gasteiger charge is -2.22. The molecule has 1 N–H and O–H groups in total. The van der Waals surface area contributed by atoms with E-state index in [2.05, 4.69) is 5.32 Å². The monoisotopic (exact) mass is 193 g/mol. The van der Waals surface area contributed by atoms with E-state index in [4.69, 9.17) is 4.74 Å². The second kappa shape index (κ2) is 7.84. The number of nitrogens with one attached hydrogen (secondary N) is 1. The van der Waals surface area contributed by atoms with Crippen molar-refractivity contribution < 1.29 is 4.74 Å². The fraction of sp³-hybridized carbons (Fsp3) is 1.00. The second-order valence-electron chi connectivity index (χ2n) is 3.33. The molecule has 1 saturated heterocycles. The van der Waals surface area contributed by atoms with E-state index < -0.39 is 0 Å². The van der Waals surface area contributed by atoms with Gasteiger partial charge in [-0.2, -0.15) is 0 Å². The highest BCUT2D eigenvalue weighted by Gasteiger charge is 2.11. The van der Waals surface area contributed by atoms with Crippen molar-refractivity contribution in [2.24, 2.45) is 5.92 Å². The van der Waals surface area contributed by atoms with Crippen molar-refractivity contribution in [2.75, 3.05) is 26.8 Å². The maximum atomic E-state index is 5.02. The fourth-order valence-corrected chi connectivity index (χ4v) is 1.69. The van der Waals surface area contributed by atoms with Crippen LogP contribution in [0.5, 0.6) is 0 Å². The van der Waals surface area contributed by atoms with E-state index in [9.17, 15) is 0 Å². The molecule has 1 aliphatic rings. The van der Waals surface area contributed by atoms with E-state index in [0.717, 1.165) is 12.5 Å². The first-order valence-electron chi connectivity index (χ1n) is 4.63. The zero-order valence-electron chi connectivity index (χ0n) is 7.84. The predicted molar refractivity (Wildman–Crippen MR) is 54.0 cm³/mol. The van der Waals surface area contributed by atoms with Crippen LogP contribution in [0, 0.1) is 5.92 Å². The van der Waals surface area contributed by atoms with Gasteiger partial charge >= 0.3 is 0 Å². The number of hydrogen-bond acceptors (Lipinski definition) is 2. The van der Waals surface area contributed by atoms with Gasteiger partial charge in [0.15, 0.2) is 0 Å². The Hall–Kier alpha value is 0.210. The Morgan fingerprint density at radius 2 is 2.00 bits per heavy atom. The molecule has 3 heteroatoms. The SMILES string of the molecule is COCCCC1CCNCC1.Cl. The van der Waals surface area contributed by atoms with Crippen LogP contribution in [0.25, 0.3) is 0 Å². The third kappa shape index (κ3) is 4.96. The van der Waals surface area contributed by atoms with Crippen molar-refractivity contribution in [2.45, 2.75) is 25.7 Å². The summed E-state index contributed by atoms with van der Waals surface area (Å²) in [6, 6.07) is 0. The highest BCUT2D eigenvalue weighted by molar-refractivity contribution is 5.85. The van der Waals surface area contributed by atoms with Crippen molar-refractivity contribution in [3.8, 4) is 0 Å². The Labute approximate surface area is 81.5 Å². The lowest BCUT2D eigenvalue weighted by molar-refractivity contribution is 0.182. The van der Waals surface area contributed by atoms with Gasteiger partial charge in [0.25, 0.3) is 0 Å². The van der Waals surface area contributed by atoms with Gasteiger partial charge in [-0.25, -0.2) is 0 Å². The van der Waals surface area contributed by atoms with E-state index in [-0.39, 0.29) is 12.4 Å². The summed E-state index contributed by atoms with van der Waals surface area (Å²) in [5.74, 6) is 0.964. The van der Waals surface area contributed by atoms with Crippen molar-refractivity contribution in [1.29, 1.82) is 0 Å². The summed E-state index contributed by atoms with van der Waals surface area (Å²) in [6.07, 6.45) is 5.32. The summed E-state index contributed by atoms with van der Waals surface area (Å²) in [5.41, 5.74) is 0. The maximum absolute atomic E-state index is 5.02. The van der Waals surface area contributed by atoms with Gasteiger partial charge in [-0.15, -0.1) is 12.4 Å². The van der Waals surface area contributed by atoms with Crippen LogP contribution in [0.1, 0.15) is 25.7 Å². The average molecular weight is 194 g/mol. The van der Waals surface area contributed by atoms with E-state index in [1.165, 1.54) is 38.8 Å². The minimum absolute atomic E-state index is 0. The molecular formula is C9H20ClNO. The molecule has 1 heterocycles. The van der Waals surface area contributed by atoms with Gasteiger partial charge in [-0.1, -0.05) is 0 Å². The maximum Gasteiger partial charge on any atom is 0.0462 e. The normalized spacial score (nSPS) is 18.8. The zero-order valence-corrected chi connectivity index (χ0v) is 8.66. The lowest BCUT2D eigenvalue weighted by atomic mass is 9.93. The quantitative estimate of drug-likeness (QED) is 0.688. The lowest BCUT2D eigenvalue weighted by Crippen LogP contribution is -2.27. The Kier molecular flexibility index (Phi) is 7.98. The third-order valence-corrected chi connectivity index (χ3v) is 2.42. The van der Waals surface area contributed by atoms with E-state index in [1.807, 2.05) is 0 Å². The highest BCUT2D eigenvalue weighted by Crippen LogP contribution is 2.17. The smallest absolute Gasteiger partial charge is 0.0462 e. The van der Waals surface area contributed by atoms with Crippen LogP contribution in [0.4, 0.5) is 0 Å². The summed E-state index contributed by atoms with van der Waals surface area (Å²) in [4.78, 5) is 0. The summed E-state index contributed by atoms with van der Waals surface area (Å²) < 4.78 is 5.02. The van der Waals surface area contributed by atoms with Gasteiger partial charge in [0.05, 0.1) is 0 Å². The van der Waals surface area contributed by atoms with E-state index >= 15 is 0 Å². The van der Waals surface area contributed by atoms with Gasteiger partial charge in [0, 0.05) is 13.7 Å². The molecule has 0 spiro atoms. The topological polar surface area (TPSA) is 21.3 Å². The molecule has 0 aromatic carbocycles. The van der Waals surface area contributed by atoms with Crippen molar-refractivity contribution in [3.05, 3.63) is 0 Å². The number of piperidine rings is 1. The van der Waals surface area contributed by atoms with Crippen molar-refractivity contribution in [3.63, 3.8) is 0 Å². The fourth-order valence-electron chi connectivity index (χ4n) is 1.69. The molecule has 1 aliphatic heterocycles. The summed E-state index contributed by atoms with van der Waals surface area (Å²) in [7, 11) is 1.78. The van der Waals surface area contributed by atoms with Gasteiger partial charge in [0.1, 0.15) is 0 Å². The molecule has 0 radical (unpaired) electrons.